The summed E-state index contributed by atoms with van der Waals surface area (Å²) in [5, 5.41) is 2.81. The number of aryl methyl sites for hydroxylation is 2. The van der Waals surface area contributed by atoms with Gasteiger partial charge in [0, 0.05) is 7.05 Å². The highest BCUT2D eigenvalue weighted by atomic mass is 16.1. The molecule has 2 aromatic heterocycles. The van der Waals surface area contributed by atoms with Crippen molar-refractivity contribution in [3.05, 3.63) is 16.7 Å². The third-order valence-electron chi connectivity index (χ3n) is 2.15. The Bertz CT molecular complexity index is 538. The molecule has 0 atom stereocenters. The van der Waals surface area contributed by atoms with Crippen molar-refractivity contribution in [2.75, 3.05) is 12.4 Å². The van der Waals surface area contributed by atoms with Crippen molar-refractivity contribution in [2.24, 2.45) is 14.1 Å². The summed E-state index contributed by atoms with van der Waals surface area (Å²) in [5.41, 5.74) is 1.11. The van der Waals surface area contributed by atoms with Gasteiger partial charge in [0.1, 0.15) is 0 Å². The molecule has 2 rings (SSSR count). The van der Waals surface area contributed by atoms with Gasteiger partial charge >= 0.3 is 5.65 Å². The molecule has 2 aromatic rings. The number of imidazole rings is 1. The van der Waals surface area contributed by atoms with E-state index in [9.17, 15) is 4.79 Å². The first-order chi connectivity index (χ1) is 6.63. The van der Waals surface area contributed by atoms with Crippen LogP contribution in [0.25, 0.3) is 11.2 Å². The Morgan fingerprint density at radius 2 is 2.36 bits per heavy atom. The largest absolute Gasteiger partial charge is 0.345 e. The molecule has 74 valence electrons. The van der Waals surface area contributed by atoms with E-state index < -0.39 is 0 Å². The molecule has 0 radical (unpaired) electrons. The Balaban J connectivity index is 2.93. The lowest BCUT2D eigenvalue weighted by Crippen LogP contribution is -2.27. The molecule has 0 aliphatic heterocycles. The number of fused-ring (bicyclic) bond motifs is 1. The van der Waals surface area contributed by atoms with Gasteiger partial charge in [-0.05, 0) is 0 Å². The van der Waals surface area contributed by atoms with Crippen LogP contribution in [0.2, 0.25) is 0 Å². The van der Waals surface area contributed by atoms with Gasteiger partial charge in [0.15, 0.2) is 6.33 Å². The average molecular weight is 194 g/mol. The minimum absolute atomic E-state index is 0.137. The van der Waals surface area contributed by atoms with Gasteiger partial charge in [0.2, 0.25) is 5.52 Å². The van der Waals surface area contributed by atoms with E-state index in [1.165, 1.54) is 0 Å². The van der Waals surface area contributed by atoms with Crippen molar-refractivity contribution in [1.29, 1.82) is 0 Å². The number of aromatic nitrogens is 4. The van der Waals surface area contributed by atoms with Gasteiger partial charge in [0.25, 0.3) is 11.5 Å². The average Bonchev–Trinajstić information content (AvgIpc) is 2.42. The number of hydrogen-bond donors (Lipinski definition) is 2. The standard InChI is InChI=1S/C8H11N5O/c1-9-8-10-6-5(7(14)11-8)12(2)4-13(6)3/h4H,1-3H3,(H-,9,10,11,14)/p+1. The van der Waals surface area contributed by atoms with E-state index in [4.69, 9.17) is 0 Å². The maximum absolute atomic E-state index is 11.6. The summed E-state index contributed by atoms with van der Waals surface area (Å²) in [6.07, 6.45) is 1.81. The second kappa shape index (κ2) is 2.83. The van der Waals surface area contributed by atoms with Crippen LogP contribution in [-0.4, -0.2) is 21.6 Å². The molecular formula is C8H12N5O+. The lowest BCUT2D eigenvalue weighted by Gasteiger charge is -1.92. The minimum atomic E-state index is -0.137. The fourth-order valence-electron chi connectivity index (χ4n) is 1.51. The Morgan fingerprint density at radius 1 is 1.64 bits per heavy atom. The van der Waals surface area contributed by atoms with E-state index in [1.54, 1.807) is 11.6 Å². The minimum Gasteiger partial charge on any atom is -0.345 e. The molecule has 2 N–H and O–H groups in total. The number of rotatable bonds is 1. The predicted octanol–water partition coefficient (Wildman–Crippen LogP) is -0.872. The maximum atomic E-state index is 11.6. The van der Waals surface area contributed by atoms with E-state index in [2.05, 4.69) is 15.3 Å². The van der Waals surface area contributed by atoms with Crippen LogP contribution in [0.3, 0.4) is 0 Å². The fourth-order valence-corrected chi connectivity index (χ4v) is 1.51. The van der Waals surface area contributed by atoms with Crippen molar-refractivity contribution >= 4 is 17.1 Å². The van der Waals surface area contributed by atoms with Crippen molar-refractivity contribution in [3.63, 3.8) is 0 Å². The molecule has 0 fully saturated rings. The first kappa shape index (κ1) is 8.74. The molecule has 6 nitrogen and oxygen atoms in total. The first-order valence-corrected chi connectivity index (χ1v) is 4.26. The summed E-state index contributed by atoms with van der Waals surface area (Å²) in [5.74, 6) is 0.476. The third-order valence-corrected chi connectivity index (χ3v) is 2.15. The highest BCUT2D eigenvalue weighted by Gasteiger charge is 2.17. The maximum Gasteiger partial charge on any atom is 0.311 e. The van der Waals surface area contributed by atoms with Gasteiger partial charge in [-0.3, -0.25) is 14.3 Å². The molecule has 0 spiro atoms. The SMILES string of the molecule is CNc1nc2c(c(=O)[nH]1)n(C)c[n+]2C. The van der Waals surface area contributed by atoms with E-state index in [0.29, 0.717) is 17.1 Å². The summed E-state index contributed by atoms with van der Waals surface area (Å²) >= 11 is 0. The molecule has 0 aliphatic carbocycles. The number of hydrogen-bond acceptors (Lipinski definition) is 3. The number of nitrogens with zero attached hydrogens (tertiary/aromatic N) is 3. The predicted molar refractivity (Wildman–Crippen MR) is 52.1 cm³/mol. The van der Waals surface area contributed by atoms with E-state index >= 15 is 0 Å². The Hall–Kier alpha value is -1.85. The second-order valence-electron chi connectivity index (χ2n) is 3.17. The normalized spacial score (nSPS) is 10.8. The number of nitrogens with one attached hydrogen (secondary N) is 2. The second-order valence-corrected chi connectivity index (χ2v) is 3.17. The number of anilines is 1. The summed E-state index contributed by atoms with van der Waals surface area (Å²) < 4.78 is 3.56. The van der Waals surface area contributed by atoms with E-state index in [-0.39, 0.29) is 5.56 Å². The van der Waals surface area contributed by atoms with E-state index in [1.807, 2.05) is 25.0 Å². The Kier molecular flexibility index (Phi) is 1.77. The number of aromatic amines is 1. The van der Waals surface area contributed by atoms with Crippen molar-refractivity contribution in [3.8, 4) is 0 Å². The number of H-pyrrole nitrogens is 1. The van der Waals surface area contributed by atoms with Crippen LogP contribution in [0.4, 0.5) is 5.95 Å². The third kappa shape index (κ3) is 1.07. The molecule has 0 aliphatic rings. The van der Waals surface area contributed by atoms with Crippen molar-refractivity contribution in [1.82, 2.24) is 14.5 Å². The zero-order valence-electron chi connectivity index (χ0n) is 8.33. The van der Waals surface area contributed by atoms with Gasteiger partial charge in [-0.2, -0.15) is 0 Å². The highest BCUT2D eigenvalue weighted by Crippen LogP contribution is 2.02. The molecule has 6 heteroatoms. The zero-order valence-corrected chi connectivity index (χ0v) is 8.33. The fraction of sp³-hybridized carbons (Fsp3) is 0.375. The van der Waals surface area contributed by atoms with E-state index in [0.717, 1.165) is 0 Å². The lowest BCUT2D eigenvalue weighted by molar-refractivity contribution is -0.647. The van der Waals surface area contributed by atoms with Crippen molar-refractivity contribution in [2.45, 2.75) is 0 Å². The van der Waals surface area contributed by atoms with Crippen LogP contribution in [0, 0.1) is 0 Å². The van der Waals surface area contributed by atoms with Crippen LogP contribution in [0.1, 0.15) is 0 Å². The van der Waals surface area contributed by atoms with Crippen molar-refractivity contribution < 1.29 is 4.57 Å². The van der Waals surface area contributed by atoms with Crippen LogP contribution >= 0.6 is 0 Å². The topological polar surface area (TPSA) is 66.6 Å². The quantitative estimate of drug-likeness (QED) is 0.580. The molecule has 0 saturated heterocycles. The summed E-state index contributed by atoms with van der Waals surface area (Å²) in [7, 11) is 5.39. The van der Waals surface area contributed by atoms with Gasteiger partial charge in [-0.15, -0.1) is 0 Å². The molecule has 0 bridgehead atoms. The molecule has 2 heterocycles. The van der Waals surface area contributed by atoms with Gasteiger partial charge in [-0.25, -0.2) is 4.57 Å². The Morgan fingerprint density at radius 3 is 3.00 bits per heavy atom. The lowest BCUT2D eigenvalue weighted by atomic mass is 10.5. The first-order valence-electron chi connectivity index (χ1n) is 4.26. The summed E-state index contributed by atoms with van der Waals surface area (Å²) in [6.45, 7) is 0. The van der Waals surface area contributed by atoms with Gasteiger partial charge < -0.3 is 5.32 Å². The monoisotopic (exact) mass is 194 g/mol. The molecule has 0 aromatic carbocycles. The van der Waals surface area contributed by atoms with Crippen LogP contribution in [0.15, 0.2) is 11.1 Å². The smallest absolute Gasteiger partial charge is 0.311 e. The summed E-state index contributed by atoms with van der Waals surface area (Å²) in [6, 6.07) is 0. The zero-order chi connectivity index (χ0) is 10.3. The molecule has 0 amide bonds. The van der Waals surface area contributed by atoms with Gasteiger partial charge in [-0.1, -0.05) is 4.98 Å². The Labute approximate surface area is 80.2 Å². The summed E-state index contributed by atoms with van der Waals surface area (Å²) in [4.78, 5) is 18.5. The van der Waals surface area contributed by atoms with Crippen LogP contribution < -0.4 is 15.4 Å². The molecule has 14 heavy (non-hydrogen) atoms. The van der Waals surface area contributed by atoms with Crippen LogP contribution in [0.5, 0.6) is 0 Å². The molecular weight excluding hydrogens is 182 g/mol. The molecule has 0 saturated carbocycles. The highest BCUT2D eigenvalue weighted by molar-refractivity contribution is 5.67. The van der Waals surface area contributed by atoms with Gasteiger partial charge in [0.05, 0.1) is 14.1 Å². The van der Waals surface area contributed by atoms with Crippen LogP contribution in [-0.2, 0) is 14.1 Å². The molecule has 0 unspecified atom stereocenters.